The number of allylic oxidation sites excluding steroid dienone is 4. The Morgan fingerprint density at radius 1 is 1.24 bits per heavy atom. The lowest BCUT2D eigenvalue weighted by molar-refractivity contribution is -0.137. The minimum Gasteiger partial charge on any atom is -0.489 e. The van der Waals surface area contributed by atoms with Gasteiger partial charge >= 0.3 is 6.18 Å². The molecule has 1 amide bonds. The van der Waals surface area contributed by atoms with Crippen LogP contribution in [0.15, 0.2) is 48.8 Å². The zero-order valence-corrected chi connectivity index (χ0v) is 18.8. The molecule has 0 bridgehead atoms. The van der Waals surface area contributed by atoms with Crippen molar-refractivity contribution in [3.05, 3.63) is 65.9 Å². The van der Waals surface area contributed by atoms with Crippen LogP contribution in [-0.2, 0) is 22.3 Å². The van der Waals surface area contributed by atoms with Gasteiger partial charge < -0.3 is 14.8 Å². The van der Waals surface area contributed by atoms with Crippen molar-refractivity contribution in [1.82, 2.24) is 15.0 Å². The van der Waals surface area contributed by atoms with E-state index < -0.39 is 17.2 Å². The number of hydrogen-bond donors (Lipinski definition) is 1. The van der Waals surface area contributed by atoms with Gasteiger partial charge in [-0.2, -0.15) is 13.2 Å². The van der Waals surface area contributed by atoms with Gasteiger partial charge in [0.15, 0.2) is 5.75 Å². The molecule has 2 aliphatic carbocycles. The highest BCUT2D eigenvalue weighted by Gasteiger charge is 2.62. The fourth-order valence-electron chi connectivity index (χ4n) is 4.29. The molecule has 0 saturated heterocycles. The van der Waals surface area contributed by atoms with Gasteiger partial charge in [-0.05, 0) is 37.8 Å². The number of hydrogen-bond acceptors (Lipinski definition) is 6. The summed E-state index contributed by atoms with van der Waals surface area (Å²) in [7, 11) is 1.57. The SMILES string of the molecule is COCc1nc(C)ncc1OC[C@@]1(C2C=CC=CC2)C[C@H]1C(=O)Nc1ccc(C(F)(F)F)cn1. The van der Waals surface area contributed by atoms with Crippen molar-refractivity contribution in [2.24, 2.45) is 17.3 Å². The largest absolute Gasteiger partial charge is 0.489 e. The maximum atomic E-state index is 13.0. The van der Waals surface area contributed by atoms with Crippen LogP contribution < -0.4 is 10.1 Å². The summed E-state index contributed by atoms with van der Waals surface area (Å²) in [4.78, 5) is 25.4. The summed E-state index contributed by atoms with van der Waals surface area (Å²) in [5, 5.41) is 2.65. The first kappa shape index (κ1) is 23.9. The highest BCUT2D eigenvalue weighted by Crippen LogP contribution is 2.60. The van der Waals surface area contributed by atoms with Gasteiger partial charge in [-0.1, -0.05) is 24.3 Å². The number of pyridine rings is 1. The molecule has 1 unspecified atom stereocenters. The number of halogens is 3. The van der Waals surface area contributed by atoms with Crippen LogP contribution in [-0.4, -0.2) is 34.6 Å². The summed E-state index contributed by atoms with van der Waals surface area (Å²) in [5.74, 6) is 0.574. The number of anilines is 1. The van der Waals surface area contributed by atoms with E-state index in [1.165, 1.54) is 0 Å². The molecule has 34 heavy (non-hydrogen) atoms. The van der Waals surface area contributed by atoms with Crippen LogP contribution in [0.2, 0.25) is 0 Å². The lowest BCUT2D eigenvalue weighted by Crippen LogP contribution is -2.29. The maximum Gasteiger partial charge on any atom is 0.417 e. The van der Waals surface area contributed by atoms with Gasteiger partial charge in [-0.15, -0.1) is 0 Å². The van der Waals surface area contributed by atoms with E-state index in [1.54, 1.807) is 20.2 Å². The third-order valence-corrected chi connectivity index (χ3v) is 6.22. The molecule has 2 aliphatic rings. The second kappa shape index (κ2) is 9.54. The monoisotopic (exact) mass is 474 g/mol. The number of carbonyl (C=O) groups excluding carboxylic acids is 1. The van der Waals surface area contributed by atoms with Gasteiger partial charge in [-0.3, -0.25) is 4.79 Å². The molecule has 1 fully saturated rings. The Hall–Kier alpha value is -3.27. The number of alkyl halides is 3. The van der Waals surface area contributed by atoms with E-state index in [0.29, 0.717) is 29.9 Å². The number of aromatic nitrogens is 3. The van der Waals surface area contributed by atoms with Crippen LogP contribution in [0.5, 0.6) is 5.75 Å². The lowest BCUT2D eigenvalue weighted by Gasteiger charge is -2.26. The van der Waals surface area contributed by atoms with E-state index in [1.807, 2.05) is 18.2 Å². The molecule has 180 valence electrons. The van der Waals surface area contributed by atoms with Crippen molar-refractivity contribution in [3.63, 3.8) is 0 Å². The standard InChI is InChI=1S/C24H25F3N4O3/c1-15-28-12-20(19(30-15)13-33-2)34-14-23(16-6-4-3-5-7-16)10-18(23)22(32)31-21-9-8-17(11-29-21)24(25,26)27/h3-6,8-9,11-12,16,18H,7,10,13-14H2,1-2H3,(H,29,31,32)/t16?,18-,23+/m0/s1. The molecule has 2 aromatic rings. The average molecular weight is 474 g/mol. The van der Waals surface area contributed by atoms with Crippen molar-refractivity contribution in [2.45, 2.75) is 32.5 Å². The highest BCUT2D eigenvalue weighted by atomic mass is 19.4. The molecule has 2 aromatic heterocycles. The minimum atomic E-state index is -4.49. The number of methoxy groups -OCH3 is 1. The van der Waals surface area contributed by atoms with Crippen molar-refractivity contribution in [1.29, 1.82) is 0 Å². The molecular formula is C24H25F3N4O3. The van der Waals surface area contributed by atoms with Gasteiger partial charge in [0.25, 0.3) is 0 Å². The molecule has 1 saturated carbocycles. The summed E-state index contributed by atoms with van der Waals surface area (Å²) >= 11 is 0. The molecule has 10 heteroatoms. The Morgan fingerprint density at radius 3 is 2.71 bits per heavy atom. The number of rotatable bonds is 8. The summed E-state index contributed by atoms with van der Waals surface area (Å²) < 4.78 is 49.7. The summed E-state index contributed by atoms with van der Waals surface area (Å²) in [6.45, 7) is 2.30. The molecule has 0 spiro atoms. The Kier molecular flexibility index (Phi) is 6.70. The van der Waals surface area contributed by atoms with Gasteiger partial charge in [0.05, 0.1) is 25.0 Å². The Morgan fingerprint density at radius 2 is 2.06 bits per heavy atom. The summed E-state index contributed by atoms with van der Waals surface area (Å²) in [6, 6.07) is 2.06. The smallest absolute Gasteiger partial charge is 0.417 e. The van der Waals surface area contributed by atoms with Crippen LogP contribution in [0.25, 0.3) is 0 Å². The fourth-order valence-corrected chi connectivity index (χ4v) is 4.29. The average Bonchev–Trinajstić information content (AvgIpc) is 3.55. The zero-order valence-electron chi connectivity index (χ0n) is 18.8. The van der Waals surface area contributed by atoms with Gasteiger partial charge in [0.2, 0.25) is 5.91 Å². The van der Waals surface area contributed by atoms with E-state index >= 15 is 0 Å². The number of ether oxygens (including phenoxy) is 2. The number of carbonyl (C=O) groups is 1. The topological polar surface area (TPSA) is 86.2 Å². The molecule has 2 heterocycles. The zero-order chi connectivity index (χ0) is 24.3. The summed E-state index contributed by atoms with van der Waals surface area (Å²) in [6.07, 6.45) is 7.18. The molecule has 3 atom stereocenters. The van der Waals surface area contributed by atoms with E-state index in [4.69, 9.17) is 9.47 Å². The first-order valence-corrected chi connectivity index (χ1v) is 10.8. The molecule has 0 aromatic carbocycles. The second-order valence-corrected chi connectivity index (χ2v) is 8.51. The number of aryl methyl sites for hydroxylation is 1. The van der Waals surface area contributed by atoms with Crippen LogP contribution in [0.3, 0.4) is 0 Å². The predicted octanol–water partition coefficient (Wildman–Crippen LogP) is 4.50. The maximum absolute atomic E-state index is 13.0. The first-order chi connectivity index (χ1) is 16.2. The van der Waals surface area contributed by atoms with E-state index in [0.717, 1.165) is 18.6 Å². The van der Waals surface area contributed by atoms with Crippen LogP contribution in [0, 0.1) is 24.2 Å². The molecule has 1 N–H and O–H groups in total. The van der Waals surface area contributed by atoms with Crippen LogP contribution in [0.1, 0.15) is 29.9 Å². The molecule has 0 aliphatic heterocycles. The van der Waals surface area contributed by atoms with Crippen molar-refractivity contribution in [2.75, 3.05) is 19.0 Å². The van der Waals surface area contributed by atoms with Gasteiger partial charge in [0.1, 0.15) is 17.3 Å². The van der Waals surface area contributed by atoms with Gasteiger partial charge in [-0.25, -0.2) is 15.0 Å². The Balaban J connectivity index is 1.49. The molecule has 7 nitrogen and oxygen atoms in total. The first-order valence-electron chi connectivity index (χ1n) is 10.8. The normalized spacial score (nSPS) is 23.6. The van der Waals surface area contributed by atoms with Crippen molar-refractivity contribution < 1.29 is 27.4 Å². The summed E-state index contributed by atoms with van der Waals surface area (Å²) in [5.41, 5.74) is -0.710. The number of nitrogens with zero attached hydrogens (tertiary/aromatic N) is 3. The Bertz CT molecular complexity index is 1100. The Labute approximate surface area is 195 Å². The quantitative estimate of drug-likeness (QED) is 0.606. The molecular weight excluding hydrogens is 449 g/mol. The van der Waals surface area contributed by atoms with E-state index in [-0.39, 0.29) is 36.8 Å². The predicted molar refractivity (Wildman–Crippen MR) is 118 cm³/mol. The third-order valence-electron chi connectivity index (χ3n) is 6.22. The molecule has 0 radical (unpaired) electrons. The van der Waals surface area contributed by atoms with Gasteiger partial charge in [0, 0.05) is 24.6 Å². The number of nitrogens with one attached hydrogen (secondary N) is 1. The third kappa shape index (κ3) is 5.11. The highest BCUT2D eigenvalue weighted by molar-refractivity contribution is 5.94. The van der Waals surface area contributed by atoms with Crippen LogP contribution in [0.4, 0.5) is 19.0 Å². The second-order valence-electron chi connectivity index (χ2n) is 8.51. The minimum absolute atomic E-state index is 0.0751. The number of amides is 1. The van der Waals surface area contributed by atoms with E-state index in [2.05, 4.69) is 26.3 Å². The fraction of sp³-hybridized carbons (Fsp3) is 0.417. The van der Waals surface area contributed by atoms with E-state index in [9.17, 15) is 18.0 Å². The van der Waals surface area contributed by atoms with Crippen LogP contribution >= 0.6 is 0 Å². The molecule has 4 rings (SSSR count). The van der Waals surface area contributed by atoms with Crippen molar-refractivity contribution >= 4 is 11.7 Å². The van der Waals surface area contributed by atoms with Crippen molar-refractivity contribution in [3.8, 4) is 5.75 Å². The lowest BCUT2D eigenvalue weighted by atomic mass is 9.82.